The third-order valence-corrected chi connectivity index (χ3v) is 7.42. The van der Waals surface area contributed by atoms with Crippen LogP contribution in [0.2, 0.25) is 0 Å². The third kappa shape index (κ3) is 6.81. The lowest BCUT2D eigenvalue weighted by Gasteiger charge is -2.37. The maximum Gasteiger partial charge on any atom is 0.237 e. The van der Waals surface area contributed by atoms with E-state index >= 15 is 0 Å². The number of ether oxygens (including phenoxy) is 2. The summed E-state index contributed by atoms with van der Waals surface area (Å²) in [6.45, 7) is 9.12. The Hall–Kier alpha value is -1.93. The van der Waals surface area contributed by atoms with Crippen LogP contribution in [0.3, 0.4) is 0 Å². The Bertz CT molecular complexity index is 942. The molecule has 0 spiro atoms. The summed E-state index contributed by atoms with van der Waals surface area (Å²) in [7, 11) is 0. The Morgan fingerprint density at radius 2 is 2.09 bits per heavy atom. The summed E-state index contributed by atoms with van der Waals surface area (Å²) < 4.78 is 11.8. The van der Waals surface area contributed by atoms with Gasteiger partial charge in [-0.2, -0.15) is 0 Å². The van der Waals surface area contributed by atoms with Gasteiger partial charge in [0.25, 0.3) is 0 Å². The molecule has 1 aromatic heterocycles. The molecule has 2 atom stereocenters. The molecule has 0 saturated heterocycles. The molecule has 4 rings (SSSR count). The van der Waals surface area contributed by atoms with Crippen molar-refractivity contribution < 1.29 is 19.4 Å². The van der Waals surface area contributed by atoms with Gasteiger partial charge in [-0.05, 0) is 66.8 Å². The molecule has 2 aliphatic rings. The number of aliphatic hydroxyl groups is 1. The minimum Gasteiger partial charge on any atom is -0.491 e. The number of aryl methyl sites for hydroxylation is 1. The summed E-state index contributed by atoms with van der Waals surface area (Å²) in [6.07, 6.45) is 2.47. The van der Waals surface area contributed by atoms with E-state index in [1.165, 1.54) is 10.4 Å². The second kappa shape index (κ2) is 11.7. The normalized spacial score (nSPS) is 18.9. The topological polar surface area (TPSA) is 62.2 Å². The van der Waals surface area contributed by atoms with Crippen LogP contribution in [0.1, 0.15) is 48.7 Å². The smallest absolute Gasteiger partial charge is 0.237 e. The number of carbonyl (C=O) groups is 1. The molecular weight excluding hydrogens is 448 g/mol. The molecule has 1 saturated carbocycles. The molecule has 0 unspecified atom stereocenters. The molecule has 1 amide bonds. The SMILES string of the molecule is Cc1cccc(OC[C@H]2c3ccsc3CCN2C(=O)CN(C[C@H](O)COCC(C)C)C2CC2)c1. The van der Waals surface area contributed by atoms with Crippen molar-refractivity contribution in [3.63, 3.8) is 0 Å². The van der Waals surface area contributed by atoms with Gasteiger partial charge in [0, 0.05) is 30.6 Å². The van der Waals surface area contributed by atoms with Crippen LogP contribution in [0.25, 0.3) is 0 Å². The van der Waals surface area contributed by atoms with Crippen LogP contribution in [0.5, 0.6) is 5.75 Å². The third-order valence-electron chi connectivity index (χ3n) is 6.42. The number of amides is 1. The van der Waals surface area contributed by atoms with E-state index in [1.54, 1.807) is 11.3 Å². The summed E-state index contributed by atoms with van der Waals surface area (Å²) in [5.41, 5.74) is 2.36. The number of fused-ring (bicyclic) bond motifs is 1. The summed E-state index contributed by atoms with van der Waals surface area (Å²) in [4.78, 5) is 19.0. The lowest BCUT2D eigenvalue weighted by Crippen LogP contribution is -2.48. The predicted octanol–water partition coefficient (Wildman–Crippen LogP) is 4.06. The van der Waals surface area contributed by atoms with Gasteiger partial charge in [-0.15, -0.1) is 11.3 Å². The van der Waals surface area contributed by atoms with Crippen molar-refractivity contribution in [1.29, 1.82) is 0 Å². The van der Waals surface area contributed by atoms with Crippen LogP contribution in [0, 0.1) is 12.8 Å². The summed E-state index contributed by atoms with van der Waals surface area (Å²) >= 11 is 1.76. The van der Waals surface area contributed by atoms with Crippen molar-refractivity contribution in [1.82, 2.24) is 9.80 Å². The molecule has 0 radical (unpaired) electrons. The molecule has 1 aliphatic heterocycles. The fraction of sp³-hybridized carbons (Fsp3) is 0.593. The first kappa shape index (κ1) is 25.2. The quantitative estimate of drug-likeness (QED) is 0.490. The summed E-state index contributed by atoms with van der Waals surface area (Å²) in [5.74, 6) is 1.38. The van der Waals surface area contributed by atoms with Crippen molar-refractivity contribution in [2.75, 3.05) is 39.5 Å². The van der Waals surface area contributed by atoms with E-state index in [0.29, 0.717) is 51.4 Å². The number of hydrogen-bond acceptors (Lipinski definition) is 6. The first-order valence-electron chi connectivity index (χ1n) is 12.5. The monoisotopic (exact) mass is 486 g/mol. The molecule has 0 bridgehead atoms. The zero-order valence-corrected chi connectivity index (χ0v) is 21.4. The highest BCUT2D eigenvalue weighted by Gasteiger charge is 2.36. The van der Waals surface area contributed by atoms with Crippen LogP contribution >= 0.6 is 11.3 Å². The Labute approximate surface area is 207 Å². The van der Waals surface area contributed by atoms with Gasteiger partial charge in [0.2, 0.25) is 5.91 Å². The van der Waals surface area contributed by atoms with Crippen molar-refractivity contribution >= 4 is 17.2 Å². The van der Waals surface area contributed by atoms with E-state index in [4.69, 9.17) is 9.47 Å². The Balaban J connectivity index is 1.40. The van der Waals surface area contributed by atoms with E-state index in [9.17, 15) is 9.90 Å². The second-order valence-corrected chi connectivity index (χ2v) is 11.0. The molecule has 1 aromatic carbocycles. The highest BCUT2D eigenvalue weighted by molar-refractivity contribution is 7.10. The average Bonchev–Trinajstić information content (AvgIpc) is 3.53. The molecule has 2 aromatic rings. The van der Waals surface area contributed by atoms with Crippen LogP contribution in [-0.4, -0.2) is 72.4 Å². The van der Waals surface area contributed by atoms with Gasteiger partial charge >= 0.3 is 0 Å². The van der Waals surface area contributed by atoms with Crippen LogP contribution < -0.4 is 4.74 Å². The standard InChI is InChI=1S/C27H38N2O4S/c1-19(2)16-32-17-22(30)14-28(21-7-8-21)15-27(31)29-11-9-26-24(10-12-34-26)25(29)18-33-23-6-4-5-20(3)13-23/h4-6,10,12-13,19,21-22,25,30H,7-9,11,14-18H2,1-3H3/t22-,25-/m0/s1. The first-order valence-corrected chi connectivity index (χ1v) is 13.3. The van der Waals surface area contributed by atoms with Gasteiger partial charge in [0.05, 0.1) is 25.3 Å². The number of nitrogens with zero attached hydrogens (tertiary/aromatic N) is 2. The molecular formula is C27H38N2O4S. The molecule has 7 heteroatoms. The van der Waals surface area contributed by atoms with Gasteiger partial charge < -0.3 is 19.5 Å². The van der Waals surface area contributed by atoms with Gasteiger partial charge in [0.1, 0.15) is 12.4 Å². The van der Waals surface area contributed by atoms with Crippen LogP contribution in [-0.2, 0) is 16.0 Å². The van der Waals surface area contributed by atoms with Gasteiger partial charge in [0.15, 0.2) is 0 Å². The number of hydrogen-bond donors (Lipinski definition) is 1. The van der Waals surface area contributed by atoms with Gasteiger partial charge in [-0.1, -0.05) is 26.0 Å². The predicted molar refractivity (Wildman–Crippen MR) is 135 cm³/mol. The maximum absolute atomic E-state index is 13.6. The minimum absolute atomic E-state index is 0.0941. The van der Waals surface area contributed by atoms with Crippen molar-refractivity contribution in [2.24, 2.45) is 5.92 Å². The molecule has 6 nitrogen and oxygen atoms in total. The lowest BCUT2D eigenvalue weighted by molar-refractivity contribution is -0.136. The van der Waals surface area contributed by atoms with E-state index in [2.05, 4.69) is 43.2 Å². The average molecular weight is 487 g/mol. The zero-order valence-electron chi connectivity index (χ0n) is 20.6. The van der Waals surface area contributed by atoms with E-state index in [1.807, 2.05) is 23.1 Å². The van der Waals surface area contributed by atoms with Crippen molar-refractivity contribution in [2.45, 2.75) is 58.2 Å². The second-order valence-electron chi connectivity index (χ2n) is 10.0. The molecule has 1 N–H and O–H groups in total. The maximum atomic E-state index is 13.6. The first-order chi connectivity index (χ1) is 16.4. The fourth-order valence-corrected chi connectivity index (χ4v) is 5.49. The van der Waals surface area contributed by atoms with Crippen molar-refractivity contribution in [3.8, 4) is 5.75 Å². The minimum atomic E-state index is -0.586. The zero-order chi connectivity index (χ0) is 24.1. The highest BCUT2D eigenvalue weighted by atomic mass is 32.1. The Morgan fingerprint density at radius 1 is 1.26 bits per heavy atom. The van der Waals surface area contributed by atoms with Gasteiger partial charge in [-0.25, -0.2) is 0 Å². The van der Waals surface area contributed by atoms with E-state index in [0.717, 1.165) is 30.6 Å². The Morgan fingerprint density at radius 3 is 2.82 bits per heavy atom. The highest BCUT2D eigenvalue weighted by Crippen LogP contribution is 2.35. The molecule has 1 fully saturated rings. The number of benzene rings is 1. The summed E-state index contributed by atoms with van der Waals surface area (Å²) in [5, 5.41) is 12.6. The van der Waals surface area contributed by atoms with Crippen LogP contribution in [0.4, 0.5) is 0 Å². The number of rotatable bonds is 12. The largest absolute Gasteiger partial charge is 0.491 e. The molecule has 2 heterocycles. The number of carbonyl (C=O) groups excluding carboxylic acids is 1. The van der Waals surface area contributed by atoms with Crippen molar-refractivity contribution in [3.05, 3.63) is 51.7 Å². The fourth-order valence-electron chi connectivity index (χ4n) is 4.57. The van der Waals surface area contributed by atoms with E-state index < -0.39 is 6.10 Å². The lowest BCUT2D eigenvalue weighted by atomic mass is 10.0. The van der Waals surface area contributed by atoms with E-state index in [-0.39, 0.29) is 11.9 Å². The molecule has 1 aliphatic carbocycles. The summed E-state index contributed by atoms with van der Waals surface area (Å²) in [6, 6.07) is 10.5. The molecule has 186 valence electrons. The molecule has 34 heavy (non-hydrogen) atoms. The van der Waals surface area contributed by atoms with Crippen LogP contribution in [0.15, 0.2) is 35.7 Å². The number of thiophene rings is 1. The number of aliphatic hydroxyl groups excluding tert-OH is 1. The van der Waals surface area contributed by atoms with Gasteiger partial charge in [-0.3, -0.25) is 9.69 Å². The Kier molecular flexibility index (Phi) is 8.64.